The van der Waals surface area contributed by atoms with Gasteiger partial charge in [0.05, 0.1) is 0 Å². The van der Waals surface area contributed by atoms with Gasteiger partial charge in [0.25, 0.3) is 5.91 Å². The van der Waals surface area contributed by atoms with E-state index >= 15 is 0 Å². The van der Waals surface area contributed by atoms with Crippen LogP contribution < -0.4 is 10.2 Å². The van der Waals surface area contributed by atoms with Crippen molar-refractivity contribution >= 4 is 11.7 Å². The van der Waals surface area contributed by atoms with E-state index in [1.807, 2.05) is 44.0 Å². The number of hydrogen-bond donors (Lipinski definition) is 1. The second-order valence-electron chi connectivity index (χ2n) is 6.97. The maximum Gasteiger partial charge on any atom is 0.256 e. The number of amides is 1. The third-order valence-electron chi connectivity index (χ3n) is 4.62. The Hall–Kier alpha value is -3.35. The summed E-state index contributed by atoms with van der Waals surface area (Å²) in [5.41, 5.74) is 2.00. The van der Waals surface area contributed by atoms with Gasteiger partial charge in [0, 0.05) is 49.7 Å². The van der Waals surface area contributed by atoms with Crippen LogP contribution in [0, 0.1) is 5.82 Å². The molecule has 1 aromatic carbocycles. The van der Waals surface area contributed by atoms with Crippen LogP contribution in [0.5, 0.6) is 0 Å². The summed E-state index contributed by atoms with van der Waals surface area (Å²) >= 11 is 0. The van der Waals surface area contributed by atoms with E-state index < -0.39 is 0 Å². The molecule has 0 saturated carbocycles. The summed E-state index contributed by atoms with van der Waals surface area (Å²) in [6.07, 6.45) is 3.89. The van der Waals surface area contributed by atoms with Crippen LogP contribution in [-0.2, 0) is 6.42 Å². The molecule has 2 heterocycles. The SMILES string of the molecule is CC(C)N(C)c1nc(-c2ccc(F)cc2)ncc1C(=O)NCCc1ccccn1. The molecule has 0 saturated heterocycles. The van der Waals surface area contributed by atoms with Crippen LogP contribution in [0.3, 0.4) is 0 Å². The Morgan fingerprint density at radius 1 is 1.14 bits per heavy atom. The highest BCUT2D eigenvalue weighted by molar-refractivity contribution is 5.98. The molecule has 1 N–H and O–H groups in total. The van der Waals surface area contributed by atoms with Gasteiger partial charge in [0.2, 0.25) is 0 Å². The molecule has 6 nitrogen and oxygen atoms in total. The molecular formula is C22H24FN5O. The number of nitrogens with zero attached hydrogens (tertiary/aromatic N) is 4. The standard InChI is InChI=1S/C22H24FN5O/c1-15(2)28(3)21-19(22(29)25-13-11-18-6-4-5-12-24-18)14-26-20(27-21)16-7-9-17(23)10-8-16/h4-10,12,14-15H,11,13H2,1-3H3,(H,25,29). The number of nitrogens with one attached hydrogen (secondary N) is 1. The van der Waals surface area contributed by atoms with Crippen molar-refractivity contribution in [2.75, 3.05) is 18.5 Å². The van der Waals surface area contributed by atoms with Crippen molar-refractivity contribution in [1.82, 2.24) is 20.3 Å². The molecule has 0 bridgehead atoms. The van der Waals surface area contributed by atoms with Crippen molar-refractivity contribution < 1.29 is 9.18 Å². The molecule has 0 aliphatic heterocycles. The summed E-state index contributed by atoms with van der Waals surface area (Å²) in [5.74, 6) is 0.411. The number of rotatable bonds is 7. The molecule has 1 amide bonds. The van der Waals surface area contributed by atoms with Crippen LogP contribution >= 0.6 is 0 Å². The summed E-state index contributed by atoms with van der Waals surface area (Å²) in [6.45, 7) is 4.49. The van der Waals surface area contributed by atoms with E-state index in [2.05, 4.69) is 20.3 Å². The Morgan fingerprint density at radius 2 is 1.90 bits per heavy atom. The van der Waals surface area contributed by atoms with Crippen LogP contribution in [0.25, 0.3) is 11.4 Å². The Morgan fingerprint density at radius 3 is 2.55 bits per heavy atom. The van der Waals surface area contributed by atoms with Gasteiger partial charge in [-0.2, -0.15) is 0 Å². The lowest BCUT2D eigenvalue weighted by molar-refractivity contribution is 0.0954. The van der Waals surface area contributed by atoms with Crippen LogP contribution in [0.1, 0.15) is 29.9 Å². The average molecular weight is 393 g/mol. The first-order valence-corrected chi connectivity index (χ1v) is 9.49. The first-order chi connectivity index (χ1) is 14.0. The minimum Gasteiger partial charge on any atom is -0.356 e. The molecule has 0 radical (unpaired) electrons. The molecule has 0 aliphatic rings. The summed E-state index contributed by atoms with van der Waals surface area (Å²) in [7, 11) is 1.88. The number of pyridine rings is 1. The monoisotopic (exact) mass is 393 g/mol. The fourth-order valence-corrected chi connectivity index (χ4v) is 2.73. The van der Waals surface area contributed by atoms with Crippen molar-refractivity contribution in [3.05, 3.63) is 71.9 Å². The van der Waals surface area contributed by atoms with Crippen molar-refractivity contribution in [1.29, 1.82) is 0 Å². The van der Waals surface area contributed by atoms with Gasteiger partial charge in [-0.3, -0.25) is 9.78 Å². The Kier molecular flexibility index (Phi) is 6.49. The average Bonchev–Trinajstić information content (AvgIpc) is 2.74. The zero-order valence-electron chi connectivity index (χ0n) is 16.8. The second kappa shape index (κ2) is 9.23. The van der Waals surface area contributed by atoms with E-state index in [0.29, 0.717) is 35.7 Å². The number of carbonyl (C=O) groups is 1. The predicted octanol–water partition coefficient (Wildman–Crippen LogP) is 3.49. The molecule has 3 aromatic rings. The number of hydrogen-bond acceptors (Lipinski definition) is 5. The topological polar surface area (TPSA) is 71.0 Å². The highest BCUT2D eigenvalue weighted by Crippen LogP contribution is 2.23. The van der Waals surface area contributed by atoms with Crippen molar-refractivity contribution in [2.24, 2.45) is 0 Å². The van der Waals surface area contributed by atoms with Crippen LogP contribution in [0.4, 0.5) is 10.2 Å². The molecule has 2 aromatic heterocycles. The maximum absolute atomic E-state index is 13.2. The van der Waals surface area contributed by atoms with E-state index in [4.69, 9.17) is 0 Å². The highest BCUT2D eigenvalue weighted by atomic mass is 19.1. The molecule has 0 spiro atoms. The molecule has 0 aliphatic carbocycles. The zero-order valence-corrected chi connectivity index (χ0v) is 16.8. The van der Waals surface area contributed by atoms with E-state index in [0.717, 1.165) is 5.69 Å². The Balaban J connectivity index is 1.82. The molecule has 7 heteroatoms. The van der Waals surface area contributed by atoms with Crippen LogP contribution in [0.2, 0.25) is 0 Å². The number of halogens is 1. The first-order valence-electron chi connectivity index (χ1n) is 9.49. The summed E-state index contributed by atoms with van der Waals surface area (Å²) in [4.78, 5) is 27.9. The van der Waals surface area contributed by atoms with E-state index in [1.54, 1.807) is 18.3 Å². The zero-order chi connectivity index (χ0) is 20.8. The molecule has 150 valence electrons. The van der Waals surface area contributed by atoms with E-state index in [-0.39, 0.29) is 17.8 Å². The fraction of sp³-hybridized carbons (Fsp3) is 0.273. The Labute approximate surface area is 169 Å². The molecule has 3 rings (SSSR count). The van der Waals surface area contributed by atoms with Crippen LogP contribution in [0.15, 0.2) is 54.9 Å². The highest BCUT2D eigenvalue weighted by Gasteiger charge is 2.20. The van der Waals surface area contributed by atoms with Gasteiger partial charge in [-0.25, -0.2) is 14.4 Å². The molecule has 0 atom stereocenters. The summed E-state index contributed by atoms with van der Waals surface area (Å²) in [6, 6.07) is 11.8. The number of carbonyl (C=O) groups excluding carboxylic acids is 1. The summed E-state index contributed by atoms with van der Waals surface area (Å²) < 4.78 is 13.2. The third kappa shape index (κ3) is 5.13. The van der Waals surface area contributed by atoms with Gasteiger partial charge in [0.15, 0.2) is 5.82 Å². The van der Waals surface area contributed by atoms with Gasteiger partial charge in [0.1, 0.15) is 17.2 Å². The van der Waals surface area contributed by atoms with Gasteiger partial charge < -0.3 is 10.2 Å². The molecule has 0 unspecified atom stereocenters. The van der Waals surface area contributed by atoms with Gasteiger partial charge in [-0.15, -0.1) is 0 Å². The minimum atomic E-state index is -0.322. The van der Waals surface area contributed by atoms with Crippen molar-refractivity contribution in [3.8, 4) is 11.4 Å². The largest absolute Gasteiger partial charge is 0.356 e. The first kappa shape index (κ1) is 20.4. The molecule has 29 heavy (non-hydrogen) atoms. The molecule has 0 fully saturated rings. The van der Waals surface area contributed by atoms with Gasteiger partial charge in [-0.05, 0) is 50.2 Å². The lowest BCUT2D eigenvalue weighted by Crippen LogP contribution is -2.32. The quantitative estimate of drug-likeness (QED) is 0.665. The Bertz CT molecular complexity index is 961. The number of aromatic nitrogens is 3. The fourth-order valence-electron chi connectivity index (χ4n) is 2.73. The van der Waals surface area contributed by atoms with E-state index in [1.165, 1.54) is 18.3 Å². The normalized spacial score (nSPS) is 10.8. The lowest BCUT2D eigenvalue weighted by atomic mass is 10.2. The number of benzene rings is 1. The molecular weight excluding hydrogens is 369 g/mol. The predicted molar refractivity (Wildman–Crippen MR) is 111 cm³/mol. The number of anilines is 1. The lowest BCUT2D eigenvalue weighted by Gasteiger charge is -2.25. The third-order valence-corrected chi connectivity index (χ3v) is 4.62. The van der Waals surface area contributed by atoms with Crippen molar-refractivity contribution in [3.63, 3.8) is 0 Å². The summed E-state index contributed by atoms with van der Waals surface area (Å²) in [5, 5.41) is 2.91. The maximum atomic E-state index is 13.2. The second-order valence-corrected chi connectivity index (χ2v) is 6.97. The van der Waals surface area contributed by atoms with Gasteiger partial charge in [-0.1, -0.05) is 6.07 Å². The van der Waals surface area contributed by atoms with Crippen molar-refractivity contribution in [2.45, 2.75) is 26.3 Å². The van der Waals surface area contributed by atoms with E-state index in [9.17, 15) is 9.18 Å². The van der Waals surface area contributed by atoms with Crippen LogP contribution in [-0.4, -0.2) is 40.5 Å². The smallest absolute Gasteiger partial charge is 0.256 e. The minimum absolute atomic E-state index is 0.131. The van der Waals surface area contributed by atoms with Gasteiger partial charge >= 0.3 is 0 Å².